The van der Waals surface area contributed by atoms with Crippen LogP contribution in [0.2, 0.25) is 5.02 Å². The monoisotopic (exact) mass is 396 g/mol. The molecule has 0 bridgehead atoms. The Bertz CT molecular complexity index is 707. The molecular formula is C19H26ClFN4O2. The summed E-state index contributed by atoms with van der Waals surface area (Å²) in [6.45, 7) is 2.64. The van der Waals surface area contributed by atoms with Crippen LogP contribution in [0.25, 0.3) is 0 Å². The number of carbonyl (C=O) groups is 2. The van der Waals surface area contributed by atoms with E-state index in [1.54, 1.807) is 36.0 Å². The van der Waals surface area contributed by atoms with E-state index in [0.29, 0.717) is 32.5 Å². The lowest BCUT2D eigenvalue weighted by molar-refractivity contribution is -0.126. The lowest BCUT2D eigenvalue weighted by Crippen LogP contribution is -2.48. The Labute approximate surface area is 164 Å². The molecule has 148 valence electrons. The molecule has 0 aromatic heterocycles. The van der Waals surface area contributed by atoms with Crippen LogP contribution in [0.4, 0.5) is 14.9 Å². The van der Waals surface area contributed by atoms with Crippen LogP contribution in [0.5, 0.6) is 0 Å². The first-order valence-corrected chi connectivity index (χ1v) is 9.69. The summed E-state index contributed by atoms with van der Waals surface area (Å²) >= 11 is 5.74. The summed E-state index contributed by atoms with van der Waals surface area (Å²) in [5.41, 5.74) is 0.782. The normalized spacial score (nSPS) is 20.7. The van der Waals surface area contributed by atoms with E-state index in [-0.39, 0.29) is 28.9 Å². The van der Waals surface area contributed by atoms with Crippen molar-refractivity contribution in [3.8, 4) is 0 Å². The van der Waals surface area contributed by atoms with Crippen molar-refractivity contribution in [3.05, 3.63) is 29.0 Å². The molecule has 1 N–H and O–H groups in total. The molecule has 2 heterocycles. The van der Waals surface area contributed by atoms with E-state index < -0.39 is 5.82 Å². The van der Waals surface area contributed by atoms with E-state index in [1.165, 1.54) is 6.07 Å². The molecule has 2 aliphatic rings. The first-order valence-electron chi connectivity index (χ1n) is 9.31. The fourth-order valence-corrected chi connectivity index (χ4v) is 3.85. The van der Waals surface area contributed by atoms with Gasteiger partial charge in [0.05, 0.1) is 5.02 Å². The summed E-state index contributed by atoms with van der Waals surface area (Å²) < 4.78 is 13.7. The highest BCUT2D eigenvalue weighted by Crippen LogP contribution is 2.25. The molecule has 3 amide bonds. The van der Waals surface area contributed by atoms with Gasteiger partial charge in [-0.2, -0.15) is 0 Å². The smallest absolute Gasteiger partial charge is 0.319 e. The molecule has 1 atom stereocenters. The van der Waals surface area contributed by atoms with Crippen molar-refractivity contribution >= 4 is 29.2 Å². The highest BCUT2D eigenvalue weighted by Gasteiger charge is 2.31. The lowest BCUT2D eigenvalue weighted by atomic mass is 9.95. The Morgan fingerprint density at radius 3 is 2.52 bits per heavy atom. The molecule has 1 aromatic rings. The van der Waals surface area contributed by atoms with Gasteiger partial charge in [-0.1, -0.05) is 11.6 Å². The lowest BCUT2D eigenvalue weighted by Gasteiger charge is -2.33. The van der Waals surface area contributed by atoms with Crippen molar-refractivity contribution in [3.63, 3.8) is 0 Å². The number of hydrogen-bond acceptors (Lipinski definition) is 3. The van der Waals surface area contributed by atoms with Crippen molar-refractivity contribution in [2.45, 2.75) is 25.3 Å². The molecular weight excluding hydrogens is 371 g/mol. The molecule has 0 spiro atoms. The minimum absolute atomic E-state index is 0.00418. The van der Waals surface area contributed by atoms with Crippen molar-refractivity contribution in [1.29, 1.82) is 0 Å². The van der Waals surface area contributed by atoms with E-state index in [9.17, 15) is 14.0 Å². The summed E-state index contributed by atoms with van der Waals surface area (Å²) in [7, 11) is 3.47. The number of anilines is 1. The molecule has 0 saturated carbocycles. The van der Waals surface area contributed by atoms with Gasteiger partial charge in [0.25, 0.3) is 0 Å². The summed E-state index contributed by atoms with van der Waals surface area (Å²) in [6.07, 6.45) is 2.20. The van der Waals surface area contributed by atoms with Gasteiger partial charge < -0.3 is 20.0 Å². The Morgan fingerprint density at radius 2 is 1.89 bits per heavy atom. The van der Waals surface area contributed by atoms with Crippen molar-refractivity contribution in [2.75, 3.05) is 45.2 Å². The number of hydrogen-bond donors (Lipinski definition) is 1. The number of piperidine rings is 1. The van der Waals surface area contributed by atoms with Gasteiger partial charge in [-0.3, -0.25) is 4.79 Å². The van der Waals surface area contributed by atoms with Gasteiger partial charge in [-0.25, -0.2) is 9.18 Å². The number of nitrogens with zero attached hydrogens (tertiary/aromatic N) is 3. The molecule has 2 saturated heterocycles. The van der Waals surface area contributed by atoms with E-state index in [4.69, 9.17) is 11.6 Å². The molecule has 8 heteroatoms. The highest BCUT2D eigenvalue weighted by molar-refractivity contribution is 6.30. The number of nitrogens with one attached hydrogen (secondary N) is 1. The largest absolute Gasteiger partial charge is 0.369 e. The van der Waals surface area contributed by atoms with Gasteiger partial charge in [0.2, 0.25) is 5.91 Å². The topological polar surface area (TPSA) is 55.9 Å². The van der Waals surface area contributed by atoms with Crippen LogP contribution >= 0.6 is 11.6 Å². The maximum absolute atomic E-state index is 13.7. The van der Waals surface area contributed by atoms with Crippen LogP contribution in [-0.2, 0) is 4.79 Å². The molecule has 1 aromatic carbocycles. The second-order valence-corrected chi connectivity index (χ2v) is 7.88. The maximum atomic E-state index is 13.7. The summed E-state index contributed by atoms with van der Waals surface area (Å²) in [6, 6.07) is 4.84. The molecule has 0 radical (unpaired) electrons. The van der Waals surface area contributed by atoms with Crippen LogP contribution in [0, 0.1) is 11.7 Å². The van der Waals surface area contributed by atoms with Crippen LogP contribution in [0.15, 0.2) is 18.2 Å². The zero-order chi connectivity index (χ0) is 19.6. The number of benzene rings is 1. The predicted molar refractivity (Wildman–Crippen MR) is 104 cm³/mol. The standard InChI is InChI=1S/C19H26ClFN4O2/c1-23(2)19(27)24-8-5-13(6-9-24)18(26)22-14-7-10-25(12-14)15-3-4-16(20)17(21)11-15/h3-4,11,13-14H,5-10,12H2,1-2H3,(H,22,26). The summed E-state index contributed by atoms with van der Waals surface area (Å²) in [4.78, 5) is 30.0. The van der Waals surface area contributed by atoms with Crippen molar-refractivity contribution in [1.82, 2.24) is 15.1 Å². The minimum atomic E-state index is -0.430. The van der Waals surface area contributed by atoms with Gasteiger partial charge in [-0.05, 0) is 37.5 Å². The van der Waals surface area contributed by atoms with Crippen molar-refractivity contribution < 1.29 is 14.0 Å². The fourth-order valence-electron chi connectivity index (χ4n) is 3.73. The second kappa shape index (κ2) is 8.33. The second-order valence-electron chi connectivity index (χ2n) is 7.48. The Balaban J connectivity index is 1.48. The third-order valence-corrected chi connectivity index (χ3v) is 5.63. The maximum Gasteiger partial charge on any atom is 0.319 e. The third kappa shape index (κ3) is 4.64. The number of rotatable bonds is 3. The number of amides is 3. The molecule has 2 aliphatic heterocycles. The highest BCUT2D eigenvalue weighted by atomic mass is 35.5. The SMILES string of the molecule is CN(C)C(=O)N1CCC(C(=O)NC2CCN(c3ccc(Cl)c(F)c3)C2)CC1. The molecule has 27 heavy (non-hydrogen) atoms. The zero-order valence-electron chi connectivity index (χ0n) is 15.8. The van der Waals surface area contributed by atoms with Crippen LogP contribution in [0.3, 0.4) is 0 Å². The third-order valence-electron chi connectivity index (χ3n) is 5.32. The Hall–Kier alpha value is -2.02. The van der Waals surface area contributed by atoms with Gasteiger partial charge >= 0.3 is 6.03 Å². The number of likely N-dealkylation sites (tertiary alicyclic amines) is 1. The van der Waals surface area contributed by atoms with E-state index >= 15 is 0 Å². The van der Waals surface area contributed by atoms with Gasteiger partial charge in [0.1, 0.15) is 5.82 Å². The van der Waals surface area contributed by atoms with E-state index in [0.717, 1.165) is 18.7 Å². The van der Waals surface area contributed by atoms with Crippen LogP contribution in [-0.4, -0.2) is 68.1 Å². The van der Waals surface area contributed by atoms with Crippen LogP contribution < -0.4 is 10.2 Å². The summed E-state index contributed by atoms with van der Waals surface area (Å²) in [5, 5.41) is 3.24. The quantitative estimate of drug-likeness (QED) is 0.854. The predicted octanol–water partition coefficient (Wildman–Crippen LogP) is 2.57. The Morgan fingerprint density at radius 1 is 1.19 bits per heavy atom. The van der Waals surface area contributed by atoms with Crippen LogP contribution in [0.1, 0.15) is 19.3 Å². The van der Waals surface area contributed by atoms with Gasteiger partial charge in [0.15, 0.2) is 0 Å². The van der Waals surface area contributed by atoms with Gasteiger partial charge in [0, 0.05) is 57.9 Å². The van der Waals surface area contributed by atoms with Gasteiger partial charge in [-0.15, -0.1) is 0 Å². The van der Waals surface area contributed by atoms with Crippen molar-refractivity contribution in [2.24, 2.45) is 5.92 Å². The first-order chi connectivity index (χ1) is 12.8. The first kappa shape index (κ1) is 19.7. The number of carbonyl (C=O) groups excluding carboxylic acids is 2. The number of halogens is 2. The molecule has 1 unspecified atom stereocenters. The minimum Gasteiger partial charge on any atom is -0.369 e. The van der Waals surface area contributed by atoms with E-state index in [2.05, 4.69) is 10.2 Å². The van der Waals surface area contributed by atoms with E-state index in [1.807, 2.05) is 0 Å². The Kier molecular flexibility index (Phi) is 6.09. The average Bonchev–Trinajstić information content (AvgIpc) is 3.11. The zero-order valence-corrected chi connectivity index (χ0v) is 16.5. The fraction of sp³-hybridized carbons (Fsp3) is 0.579. The average molecular weight is 397 g/mol. The summed E-state index contributed by atoms with van der Waals surface area (Å²) in [5.74, 6) is -0.431. The number of urea groups is 1. The molecule has 3 rings (SSSR count). The molecule has 6 nitrogen and oxygen atoms in total. The molecule has 2 fully saturated rings. The molecule has 0 aliphatic carbocycles.